The molecule has 1 fully saturated rings. The van der Waals surface area contributed by atoms with Crippen molar-refractivity contribution in [1.82, 2.24) is 5.32 Å². The van der Waals surface area contributed by atoms with Crippen molar-refractivity contribution in [3.05, 3.63) is 54.1 Å². The van der Waals surface area contributed by atoms with Gasteiger partial charge in [-0.15, -0.1) is 0 Å². The lowest BCUT2D eigenvalue weighted by Gasteiger charge is -2.35. The summed E-state index contributed by atoms with van der Waals surface area (Å²) in [7, 11) is 0. The van der Waals surface area contributed by atoms with Crippen LogP contribution in [0.1, 0.15) is 38.7 Å². The highest BCUT2D eigenvalue weighted by molar-refractivity contribution is 6.45. The molecule has 4 N–H and O–H groups in total. The number of amides is 1. The van der Waals surface area contributed by atoms with Crippen LogP contribution in [-0.2, 0) is 15.5 Å². The Hall–Kier alpha value is -3.70. The number of aliphatic hydroxyl groups excluding tert-OH is 1. The molecule has 2 aliphatic heterocycles. The molecule has 2 aromatic carbocycles. The number of aliphatic imine (C=N–C) groups is 2. The molecule has 11 heteroatoms. The van der Waals surface area contributed by atoms with E-state index in [1.807, 2.05) is 24.3 Å². The summed E-state index contributed by atoms with van der Waals surface area (Å²) in [5.74, 6) is -4.91. The molecule has 9 nitrogen and oxygen atoms in total. The number of carbonyl (C=O) groups is 2. The molecule has 1 amide bonds. The molecule has 0 aliphatic carbocycles. The van der Waals surface area contributed by atoms with Gasteiger partial charge in [-0.25, -0.2) is 0 Å². The van der Waals surface area contributed by atoms with Crippen molar-refractivity contribution in [3.8, 4) is 11.1 Å². The molecule has 214 valence electrons. The van der Waals surface area contributed by atoms with Gasteiger partial charge in [0.15, 0.2) is 0 Å². The molecule has 3 atom stereocenters. The van der Waals surface area contributed by atoms with Crippen molar-refractivity contribution in [2.75, 3.05) is 24.5 Å². The summed E-state index contributed by atoms with van der Waals surface area (Å²) < 4.78 is 28.1. The highest BCUT2D eigenvalue weighted by atomic mass is 19.3. The van der Waals surface area contributed by atoms with Crippen LogP contribution in [0.25, 0.3) is 11.1 Å². The minimum atomic E-state index is -3.30. The number of rotatable bonds is 9. The van der Waals surface area contributed by atoms with E-state index in [0.29, 0.717) is 12.3 Å². The van der Waals surface area contributed by atoms with Gasteiger partial charge in [0.2, 0.25) is 0 Å². The van der Waals surface area contributed by atoms with Crippen LogP contribution >= 0.6 is 0 Å². The Labute approximate surface area is 231 Å². The van der Waals surface area contributed by atoms with Gasteiger partial charge < -0.3 is 25.5 Å². The van der Waals surface area contributed by atoms with Crippen LogP contribution in [-0.4, -0.2) is 76.6 Å². The minimum absolute atomic E-state index is 0.141. The second-order valence-corrected chi connectivity index (χ2v) is 10.5. The number of nitrogens with zero attached hydrogens (tertiary/aromatic N) is 3. The number of anilines is 1. The fraction of sp³-hybridized carbons (Fsp3) is 0.448. The number of benzene rings is 2. The van der Waals surface area contributed by atoms with Crippen LogP contribution in [0.2, 0.25) is 0 Å². The van der Waals surface area contributed by atoms with E-state index in [4.69, 9.17) is 5.11 Å². The number of halogens is 2. The van der Waals surface area contributed by atoms with Crippen LogP contribution in [0.5, 0.6) is 0 Å². The van der Waals surface area contributed by atoms with Gasteiger partial charge in [0.05, 0.1) is 0 Å². The van der Waals surface area contributed by atoms with E-state index in [-0.39, 0.29) is 11.3 Å². The van der Waals surface area contributed by atoms with Gasteiger partial charge in [0.1, 0.15) is 30.1 Å². The van der Waals surface area contributed by atoms with Crippen molar-refractivity contribution < 1.29 is 33.7 Å². The molecule has 0 bridgehead atoms. The lowest BCUT2D eigenvalue weighted by molar-refractivity contribution is -0.137. The minimum Gasteiger partial charge on any atom is -0.480 e. The molecule has 1 saturated heterocycles. The van der Waals surface area contributed by atoms with Gasteiger partial charge in [0, 0.05) is 30.6 Å². The molecule has 0 spiro atoms. The molecule has 2 heterocycles. The lowest BCUT2D eigenvalue weighted by atomic mass is 9.91. The van der Waals surface area contributed by atoms with Gasteiger partial charge in [-0.2, -0.15) is 8.78 Å². The molecular weight excluding hydrogens is 522 g/mol. The third kappa shape index (κ3) is 6.71. The summed E-state index contributed by atoms with van der Waals surface area (Å²) in [6.45, 7) is 3.53. The largest absolute Gasteiger partial charge is 0.480 e. The molecule has 2 aliphatic rings. The molecule has 0 aromatic heterocycles. The summed E-state index contributed by atoms with van der Waals surface area (Å²) in [6, 6.07) is 13.9. The lowest BCUT2D eigenvalue weighted by Crippen LogP contribution is -2.50. The van der Waals surface area contributed by atoms with E-state index < -0.39 is 42.2 Å². The average Bonchev–Trinajstić information content (AvgIpc) is 2.93. The number of nitrogens with one attached hydrogen (secondary N) is 1. The Morgan fingerprint density at radius 3 is 2.23 bits per heavy atom. The summed E-state index contributed by atoms with van der Waals surface area (Å²) in [5.41, 5.74) is 0.730. The molecule has 40 heavy (non-hydrogen) atoms. The normalized spacial score (nSPS) is 22.5. The van der Waals surface area contributed by atoms with E-state index in [2.05, 4.69) is 20.2 Å². The van der Waals surface area contributed by atoms with Crippen LogP contribution in [0, 0.1) is 5.92 Å². The standard InChI is InChI=1S/C29H34F2N4O5/c1-18(36)29(30,31)22-7-3-20(4-8-22)21-5-9-23(10-6-21)35-13-11-19(12-14-35)15-24-33-17-28(2,40)26(34-24)27(39)32-16-25(37)38/h3-10,17-19,24,36,40H,11-16H2,1-2H3,(H,32,39)(H,37,38). The first-order valence-corrected chi connectivity index (χ1v) is 13.2. The number of piperidine rings is 1. The van der Waals surface area contributed by atoms with E-state index in [1.165, 1.54) is 25.3 Å². The molecular formula is C29H34F2N4O5. The number of carboxylic acid groups (broad SMARTS) is 1. The maximum absolute atomic E-state index is 14.1. The molecule has 4 rings (SSSR count). The summed E-state index contributed by atoms with van der Waals surface area (Å²) in [6.07, 6.45) is 1.39. The first-order valence-electron chi connectivity index (χ1n) is 13.2. The van der Waals surface area contributed by atoms with Crippen LogP contribution in [0.4, 0.5) is 14.5 Å². The van der Waals surface area contributed by atoms with Gasteiger partial charge in [-0.05, 0) is 62.3 Å². The highest BCUT2D eigenvalue weighted by Gasteiger charge is 2.37. The zero-order valence-electron chi connectivity index (χ0n) is 22.4. The molecule has 0 saturated carbocycles. The van der Waals surface area contributed by atoms with E-state index >= 15 is 0 Å². The number of alkyl halides is 2. The number of carboxylic acids is 1. The Morgan fingerprint density at radius 1 is 1.10 bits per heavy atom. The van der Waals surface area contributed by atoms with Crippen molar-refractivity contribution in [2.24, 2.45) is 15.9 Å². The number of hydrogen-bond acceptors (Lipinski definition) is 7. The first-order chi connectivity index (χ1) is 18.9. The highest BCUT2D eigenvalue weighted by Crippen LogP contribution is 2.34. The predicted molar refractivity (Wildman–Crippen MR) is 148 cm³/mol. The van der Waals surface area contributed by atoms with Gasteiger partial charge in [-0.3, -0.25) is 19.6 Å². The fourth-order valence-electron chi connectivity index (χ4n) is 4.96. The van der Waals surface area contributed by atoms with Crippen molar-refractivity contribution in [1.29, 1.82) is 0 Å². The quantitative estimate of drug-likeness (QED) is 0.375. The summed E-state index contributed by atoms with van der Waals surface area (Å²) in [5, 5.41) is 30.9. The second kappa shape index (κ2) is 11.8. The average molecular weight is 557 g/mol. The predicted octanol–water partition coefficient (Wildman–Crippen LogP) is 3.24. The first kappa shape index (κ1) is 29.3. The van der Waals surface area contributed by atoms with Crippen LogP contribution in [0.15, 0.2) is 58.5 Å². The maximum atomic E-state index is 14.1. The van der Waals surface area contributed by atoms with Crippen molar-refractivity contribution in [3.63, 3.8) is 0 Å². The Kier molecular flexibility index (Phi) is 8.65. The SMILES string of the molecule is CC(O)C(F)(F)c1ccc(-c2ccc(N3CCC(CC4N=CC(C)(O)C(C(=O)NCC(=O)O)=N4)CC3)cc2)cc1. The van der Waals surface area contributed by atoms with Crippen LogP contribution < -0.4 is 10.2 Å². The zero-order chi connectivity index (χ0) is 29.1. The number of aliphatic hydroxyl groups is 2. The second-order valence-electron chi connectivity index (χ2n) is 10.5. The topological polar surface area (TPSA) is 135 Å². The monoisotopic (exact) mass is 556 g/mol. The molecule has 3 unspecified atom stereocenters. The smallest absolute Gasteiger partial charge is 0.322 e. The van der Waals surface area contributed by atoms with Gasteiger partial charge in [-0.1, -0.05) is 36.4 Å². The Morgan fingerprint density at radius 2 is 1.68 bits per heavy atom. The van der Waals surface area contributed by atoms with Crippen LogP contribution in [0.3, 0.4) is 0 Å². The summed E-state index contributed by atoms with van der Waals surface area (Å²) in [4.78, 5) is 34.1. The molecule has 2 aromatic rings. The fourth-order valence-corrected chi connectivity index (χ4v) is 4.96. The molecule has 0 radical (unpaired) electrons. The number of carbonyl (C=O) groups excluding carboxylic acids is 1. The van der Waals surface area contributed by atoms with E-state index in [1.54, 1.807) is 12.1 Å². The third-order valence-electron chi connectivity index (χ3n) is 7.39. The van der Waals surface area contributed by atoms with Crippen molar-refractivity contribution >= 4 is 29.5 Å². The van der Waals surface area contributed by atoms with E-state index in [0.717, 1.165) is 49.7 Å². The summed E-state index contributed by atoms with van der Waals surface area (Å²) >= 11 is 0. The number of hydrogen-bond donors (Lipinski definition) is 4. The number of aliphatic carboxylic acids is 1. The van der Waals surface area contributed by atoms with Gasteiger partial charge >= 0.3 is 5.97 Å². The maximum Gasteiger partial charge on any atom is 0.322 e. The Bertz CT molecular complexity index is 1270. The van der Waals surface area contributed by atoms with E-state index in [9.17, 15) is 28.6 Å². The Balaban J connectivity index is 1.33. The third-order valence-corrected chi connectivity index (χ3v) is 7.39. The van der Waals surface area contributed by atoms with Gasteiger partial charge in [0.25, 0.3) is 11.8 Å². The van der Waals surface area contributed by atoms with Crippen molar-refractivity contribution in [2.45, 2.75) is 56.9 Å². The zero-order valence-corrected chi connectivity index (χ0v) is 22.4.